The summed E-state index contributed by atoms with van der Waals surface area (Å²) in [6, 6.07) is 15.8. The molecule has 0 aromatic heterocycles. The third-order valence-electron chi connectivity index (χ3n) is 5.56. The molecule has 0 saturated carbocycles. The Morgan fingerprint density at radius 1 is 1.13 bits per heavy atom. The minimum Gasteiger partial charge on any atom is -0.371 e. The van der Waals surface area contributed by atoms with Gasteiger partial charge in [-0.3, -0.25) is 19.8 Å². The van der Waals surface area contributed by atoms with Crippen LogP contribution in [0.1, 0.15) is 36.5 Å². The van der Waals surface area contributed by atoms with Crippen LogP contribution in [0.5, 0.6) is 0 Å². The molecule has 2 heterocycles. The quantitative estimate of drug-likeness (QED) is 0.441. The van der Waals surface area contributed by atoms with E-state index in [1.54, 1.807) is 6.08 Å². The maximum Gasteiger partial charge on any atom is 0.265 e. The molecule has 2 aromatic rings. The van der Waals surface area contributed by atoms with Gasteiger partial charge in [-0.2, -0.15) is 0 Å². The molecule has 6 heteroatoms. The zero-order chi connectivity index (χ0) is 21.1. The predicted molar refractivity (Wildman–Crippen MR) is 123 cm³/mol. The number of nitrogens with one attached hydrogen (secondary N) is 1. The van der Waals surface area contributed by atoms with Gasteiger partial charge in [0.2, 0.25) is 0 Å². The average molecular weight is 420 g/mol. The number of thiocarbonyl (C=S) groups is 1. The van der Waals surface area contributed by atoms with Crippen LogP contribution in [-0.4, -0.2) is 34.9 Å². The zero-order valence-electron chi connectivity index (χ0n) is 17.1. The molecule has 0 unspecified atom stereocenters. The highest BCUT2D eigenvalue weighted by molar-refractivity contribution is 7.80. The molecule has 0 radical (unpaired) electrons. The first-order valence-electron chi connectivity index (χ1n) is 10.4. The van der Waals surface area contributed by atoms with E-state index in [1.807, 2.05) is 36.4 Å². The number of amides is 2. The van der Waals surface area contributed by atoms with Crippen molar-refractivity contribution >= 4 is 40.9 Å². The van der Waals surface area contributed by atoms with Crippen molar-refractivity contribution in [2.45, 2.75) is 32.7 Å². The van der Waals surface area contributed by atoms with Gasteiger partial charge in [-0.15, -0.1) is 0 Å². The van der Waals surface area contributed by atoms with E-state index in [1.165, 1.54) is 29.0 Å². The van der Waals surface area contributed by atoms with Crippen LogP contribution in [0.4, 0.5) is 5.69 Å². The van der Waals surface area contributed by atoms with Gasteiger partial charge in [-0.1, -0.05) is 49.7 Å². The molecule has 30 heavy (non-hydrogen) atoms. The van der Waals surface area contributed by atoms with E-state index >= 15 is 0 Å². The van der Waals surface area contributed by atoms with Gasteiger partial charge in [0.25, 0.3) is 11.8 Å². The second-order valence-electron chi connectivity index (χ2n) is 7.67. The van der Waals surface area contributed by atoms with E-state index < -0.39 is 5.91 Å². The highest BCUT2D eigenvalue weighted by Crippen LogP contribution is 2.30. The number of carbonyl (C=O) groups excluding carboxylic acids is 2. The summed E-state index contributed by atoms with van der Waals surface area (Å²) in [5.41, 5.74) is 4.45. The molecule has 0 spiro atoms. The molecule has 4 rings (SSSR count). The normalized spacial score (nSPS) is 17.5. The van der Waals surface area contributed by atoms with Crippen LogP contribution in [0.25, 0.3) is 6.08 Å². The maximum absolute atomic E-state index is 13.1. The first-order chi connectivity index (χ1) is 14.6. The fourth-order valence-electron chi connectivity index (χ4n) is 3.93. The number of nitrogens with zero attached hydrogens (tertiary/aromatic N) is 2. The molecule has 154 valence electrons. The van der Waals surface area contributed by atoms with Gasteiger partial charge in [0.15, 0.2) is 5.11 Å². The van der Waals surface area contributed by atoms with Crippen molar-refractivity contribution < 1.29 is 9.59 Å². The Morgan fingerprint density at radius 3 is 2.70 bits per heavy atom. The number of unbranched alkanes of at least 4 members (excludes halogenated alkanes) is 1. The van der Waals surface area contributed by atoms with Gasteiger partial charge >= 0.3 is 0 Å². The molecule has 2 aliphatic heterocycles. The van der Waals surface area contributed by atoms with Crippen LogP contribution < -0.4 is 10.2 Å². The summed E-state index contributed by atoms with van der Waals surface area (Å²) in [7, 11) is 0. The third-order valence-corrected chi connectivity index (χ3v) is 5.88. The van der Waals surface area contributed by atoms with E-state index in [-0.39, 0.29) is 16.6 Å². The summed E-state index contributed by atoms with van der Waals surface area (Å²) < 4.78 is 0. The highest BCUT2D eigenvalue weighted by Gasteiger charge is 2.33. The Kier molecular flexibility index (Phi) is 5.95. The van der Waals surface area contributed by atoms with Crippen molar-refractivity contribution in [3.8, 4) is 0 Å². The van der Waals surface area contributed by atoms with E-state index in [9.17, 15) is 9.59 Å². The van der Waals surface area contributed by atoms with Crippen molar-refractivity contribution in [1.29, 1.82) is 0 Å². The lowest BCUT2D eigenvalue weighted by Crippen LogP contribution is -2.53. The summed E-state index contributed by atoms with van der Waals surface area (Å²) in [4.78, 5) is 29.4. The number of carbonyl (C=O) groups is 2. The van der Waals surface area contributed by atoms with Gasteiger partial charge in [0.05, 0.1) is 6.54 Å². The fourth-order valence-corrected chi connectivity index (χ4v) is 4.17. The topological polar surface area (TPSA) is 52.7 Å². The molecule has 0 bridgehead atoms. The molecule has 2 amide bonds. The Bertz CT molecular complexity index is 1020. The van der Waals surface area contributed by atoms with Crippen molar-refractivity contribution in [2.24, 2.45) is 0 Å². The van der Waals surface area contributed by atoms with Crippen LogP contribution in [0.3, 0.4) is 0 Å². The van der Waals surface area contributed by atoms with Gasteiger partial charge in [-0.25, -0.2) is 0 Å². The van der Waals surface area contributed by atoms with Crippen molar-refractivity contribution in [3.05, 3.63) is 70.8 Å². The lowest BCUT2D eigenvalue weighted by atomic mass is 10.0. The lowest BCUT2D eigenvalue weighted by molar-refractivity contribution is -0.129. The Labute approximate surface area is 182 Å². The van der Waals surface area contributed by atoms with Gasteiger partial charge in [0, 0.05) is 18.8 Å². The molecule has 0 aliphatic carbocycles. The van der Waals surface area contributed by atoms with Crippen molar-refractivity contribution in [1.82, 2.24) is 10.2 Å². The molecule has 5 nitrogen and oxygen atoms in total. The second kappa shape index (κ2) is 8.79. The first-order valence-corrected chi connectivity index (χ1v) is 10.8. The van der Waals surface area contributed by atoms with Crippen LogP contribution in [0.15, 0.2) is 54.1 Å². The molecule has 1 N–H and O–H groups in total. The Balaban J connectivity index is 1.57. The molecule has 2 aliphatic rings. The van der Waals surface area contributed by atoms with E-state index in [0.29, 0.717) is 6.54 Å². The molecule has 0 atom stereocenters. The summed E-state index contributed by atoms with van der Waals surface area (Å²) in [6.07, 6.45) is 5.01. The number of benzene rings is 2. The minimum atomic E-state index is -0.445. The lowest BCUT2D eigenvalue weighted by Gasteiger charge is -2.29. The smallest absolute Gasteiger partial charge is 0.265 e. The van der Waals surface area contributed by atoms with Gasteiger partial charge in [0.1, 0.15) is 5.57 Å². The maximum atomic E-state index is 13.1. The second-order valence-corrected chi connectivity index (χ2v) is 8.06. The number of hydrogen-bond donors (Lipinski definition) is 1. The third kappa shape index (κ3) is 4.14. The summed E-state index contributed by atoms with van der Waals surface area (Å²) in [5, 5.41) is 2.80. The summed E-state index contributed by atoms with van der Waals surface area (Å²) in [5.74, 6) is -0.808. The van der Waals surface area contributed by atoms with Gasteiger partial charge in [-0.05, 0) is 60.0 Å². The van der Waals surface area contributed by atoms with Crippen molar-refractivity contribution in [3.63, 3.8) is 0 Å². The van der Waals surface area contributed by atoms with E-state index in [4.69, 9.17) is 12.2 Å². The average Bonchev–Trinajstić information content (AvgIpc) is 3.15. The van der Waals surface area contributed by atoms with Gasteiger partial charge < -0.3 is 4.90 Å². The molecular formula is C24H25N3O2S. The Morgan fingerprint density at radius 2 is 1.93 bits per heavy atom. The number of fused-ring (bicyclic) bond motifs is 1. The molecule has 1 fully saturated rings. The van der Waals surface area contributed by atoms with E-state index in [0.717, 1.165) is 30.6 Å². The van der Waals surface area contributed by atoms with Crippen LogP contribution in [0.2, 0.25) is 0 Å². The molecule has 2 aromatic carbocycles. The number of hydrogen-bond acceptors (Lipinski definition) is 4. The molecule has 1 saturated heterocycles. The largest absolute Gasteiger partial charge is 0.371 e. The monoisotopic (exact) mass is 419 g/mol. The first kappa shape index (κ1) is 20.3. The zero-order valence-corrected chi connectivity index (χ0v) is 17.9. The van der Waals surface area contributed by atoms with E-state index in [2.05, 4.69) is 29.3 Å². The Hall–Kier alpha value is -2.99. The van der Waals surface area contributed by atoms with Crippen molar-refractivity contribution in [2.75, 3.05) is 18.0 Å². The highest BCUT2D eigenvalue weighted by atomic mass is 32.1. The summed E-state index contributed by atoms with van der Waals surface area (Å²) >= 11 is 5.25. The van der Waals surface area contributed by atoms with Crippen LogP contribution >= 0.6 is 12.2 Å². The predicted octanol–water partition coefficient (Wildman–Crippen LogP) is 3.68. The SMILES string of the molecule is CCCCN1CCc2cc(/C=C3\C(=O)NC(=S)N(Cc4ccccc4)C3=O)ccc21. The van der Waals surface area contributed by atoms with Crippen LogP contribution in [0, 0.1) is 0 Å². The molecular weight excluding hydrogens is 394 g/mol. The summed E-state index contributed by atoms with van der Waals surface area (Å²) in [6.45, 7) is 4.61. The van der Waals surface area contributed by atoms with Crippen LogP contribution in [-0.2, 0) is 22.6 Å². The fraction of sp³-hybridized carbons (Fsp3) is 0.292. The number of rotatable bonds is 6. The minimum absolute atomic E-state index is 0.111. The standard InChI is InChI=1S/C24H25N3O2S/c1-2-3-12-26-13-11-19-14-18(9-10-21(19)26)15-20-22(28)25-24(30)27(23(20)29)16-17-7-5-4-6-8-17/h4-10,14-15H,2-3,11-13,16H2,1H3,(H,25,28,30)/b20-15+. The number of anilines is 1.